The van der Waals surface area contributed by atoms with Crippen LogP contribution in [-0.2, 0) is 0 Å². The van der Waals surface area contributed by atoms with Crippen molar-refractivity contribution in [1.29, 1.82) is 0 Å². The quantitative estimate of drug-likeness (QED) is 0.781. The third kappa shape index (κ3) is 1.97. The van der Waals surface area contributed by atoms with E-state index in [0.29, 0.717) is 0 Å². The molecule has 1 aliphatic carbocycles. The van der Waals surface area contributed by atoms with Crippen LogP contribution in [0.4, 0.5) is 0 Å². The van der Waals surface area contributed by atoms with Gasteiger partial charge in [-0.05, 0) is 49.6 Å². The monoisotopic (exact) mass is 231 g/mol. The summed E-state index contributed by atoms with van der Waals surface area (Å²) in [5.74, 6) is 3.27. The molecule has 17 heavy (non-hydrogen) atoms. The molecule has 1 saturated heterocycles. The lowest BCUT2D eigenvalue weighted by molar-refractivity contribution is 0.152. The second-order valence-electron chi connectivity index (χ2n) is 5.54. The molecule has 1 saturated carbocycles. The van der Waals surface area contributed by atoms with Gasteiger partial charge in [-0.2, -0.15) is 0 Å². The van der Waals surface area contributed by atoms with E-state index in [1.54, 1.807) is 0 Å². The van der Waals surface area contributed by atoms with Crippen molar-refractivity contribution in [2.75, 3.05) is 19.6 Å². The van der Waals surface area contributed by atoms with Gasteiger partial charge in [0.05, 0.1) is 0 Å². The van der Waals surface area contributed by atoms with E-state index in [1.165, 1.54) is 38.0 Å². The SMILES string of the molecule is CCN1CC2CCC(C1)C2c1cnc(C)nc1. The summed E-state index contributed by atoms with van der Waals surface area (Å²) >= 11 is 0. The lowest BCUT2D eigenvalue weighted by Crippen LogP contribution is -2.40. The molecule has 2 atom stereocenters. The Morgan fingerprint density at radius 2 is 1.76 bits per heavy atom. The summed E-state index contributed by atoms with van der Waals surface area (Å²) < 4.78 is 0. The number of nitrogens with zero attached hydrogens (tertiary/aromatic N) is 3. The lowest BCUT2D eigenvalue weighted by atomic mass is 9.81. The number of aromatic nitrogens is 2. The lowest BCUT2D eigenvalue weighted by Gasteiger charge is -2.37. The van der Waals surface area contributed by atoms with Crippen molar-refractivity contribution in [3.05, 3.63) is 23.8 Å². The number of likely N-dealkylation sites (tertiary alicyclic amines) is 1. The van der Waals surface area contributed by atoms with E-state index in [0.717, 1.165) is 23.6 Å². The van der Waals surface area contributed by atoms with Crippen molar-refractivity contribution >= 4 is 0 Å². The van der Waals surface area contributed by atoms with Gasteiger partial charge in [-0.1, -0.05) is 6.92 Å². The molecule has 2 bridgehead atoms. The predicted octanol–water partition coefficient (Wildman–Crippen LogP) is 2.23. The Morgan fingerprint density at radius 3 is 2.29 bits per heavy atom. The third-order valence-corrected chi connectivity index (χ3v) is 4.54. The molecule has 3 rings (SSSR count). The van der Waals surface area contributed by atoms with Gasteiger partial charge in [-0.3, -0.25) is 0 Å². The van der Waals surface area contributed by atoms with Crippen LogP contribution >= 0.6 is 0 Å². The van der Waals surface area contributed by atoms with Crippen LogP contribution in [0.5, 0.6) is 0 Å². The van der Waals surface area contributed by atoms with Gasteiger partial charge in [0.25, 0.3) is 0 Å². The molecule has 3 nitrogen and oxygen atoms in total. The second-order valence-corrected chi connectivity index (χ2v) is 5.54. The Hall–Kier alpha value is -0.960. The molecule has 0 spiro atoms. The van der Waals surface area contributed by atoms with Crippen molar-refractivity contribution in [3.8, 4) is 0 Å². The zero-order valence-corrected chi connectivity index (χ0v) is 10.8. The summed E-state index contributed by atoms with van der Waals surface area (Å²) in [5, 5.41) is 0. The number of fused-ring (bicyclic) bond motifs is 2. The van der Waals surface area contributed by atoms with Gasteiger partial charge in [-0.15, -0.1) is 0 Å². The Bertz CT molecular complexity index is 373. The van der Waals surface area contributed by atoms with Crippen LogP contribution in [0.1, 0.15) is 37.1 Å². The minimum absolute atomic E-state index is 0.721. The standard InChI is InChI=1S/C14H21N3/c1-3-17-8-11-4-5-12(9-17)14(11)13-6-15-10(2)16-7-13/h6-7,11-12,14H,3-5,8-9H2,1-2H3. The van der Waals surface area contributed by atoms with E-state index in [4.69, 9.17) is 0 Å². The van der Waals surface area contributed by atoms with Gasteiger partial charge in [0.15, 0.2) is 0 Å². The average molecular weight is 231 g/mol. The molecule has 2 aliphatic rings. The highest BCUT2D eigenvalue weighted by Gasteiger charge is 2.42. The molecular weight excluding hydrogens is 210 g/mol. The number of hydrogen-bond acceptors (Lipinski definition) is 3. The smallest absolute Gasteiger partial charge is 0.125 e. The van der Waals surface area contributed by atoms with E-state index in [2.05, 4.69) is 34.2 Å². The van der Waals surface area contributed by atoms with Crippen LogP contribution < -0.4 is 0 Å². The van der Waals surface area contributed by atoms with Crippen LogP contribution in [-0.4, -0.2) is 34.5 Å². The van der Waals surface area contributed by atoms with Crippen LogP contribution in [0.15, 0.2) is 12.4 Å². The Kier molecular flexibility index (Phi) is 2.87. The molecule has 3 heteroatoms. The molecule has 0 amide bonds. The number of rotatable bonds is 2. The van der Waals surface area contributed by atoms with Gasteiger partial charge in [0.1, 0.15) is 5.82 Å². The molecule has 92 valence electrons. The largest absolute Gasteiger partial charge is 0.303 e. The highest BCUT2D eigenvalue weighted by molar-refractivity contribution is 5.18. The average Bonchev–Trinajstić information content (AvgIpc) is 2.61. The molecule has 0 N–H and O–H groups in total. The van der Waals surface area contributed by atoms with E-state index in [1.807, 2.05) is 6.92 Å². The van der Waals surface area contributed by atoms with Crippen LogP contribution in [0.3, 0.4) is 0 Å². The minimum atomic E-state index is 0.721. The predicted molar refractivity (Wildman–Crippen MR) is 67.8 cm³/mol. The highest BCUT2D eigenvalue weighted by atomic mass is 15.1. The van der Waals surface area contributed by atoms with Crippen LogP contribution in [0.2, 0.25) is 0 Å². The first-order valence-electron chi connectivity index (χ1n) is 6.79. The Morgan fingerprint density at radius 1 is 1.18 bits per heavy atom. The molecule has 1 aromatic rings. The fraction of sp³-hybridized carbons (Fsp3) is 0.714. The van der Waals surface area contributed by atoms with E-state index in [9.17, 15) is 0 Å². The molecule has 2 fully saturated rings. The number of piperidine rings is 1. The van der Waals surface area contributed by atoms with E-state index >= 15 is 0 Å². The molecule has 2 heterocycles. The summed E-state index contributed by atoms with van der Waals surface area (Å²) in [6.45, 7) is 7.97. The zero-order valence-electron chi connectivity index (χ0n) is 10.8. The second kappa shape index (κ2) is 4.37. The maximum Gasteiger partial charge on any atom is 0.125 e. The zero-order chi connectivity index (χ0) is 11.8. The number of hydrogen-bond donors (Lipinski definition) is 0. The van der Waals surface area contributed by atoms with Crippen LogP contribution in [0, 0.1) is 18.8 Å². The van der Waals surface area contributed by atoms with Crippen molar-refractivity contribution < 1.29 is 0 Å². The molecule has 1 aliphatic heterocycles. The molecule has 0 aromatic carbocycles. The fourth-order valence-corrected chi connectivity index (χ4v) is 3.70. The summed E-state index contributed by atoms with van der Waals surface area (Å²) in [5.41, 5.74) is 1.37. The summed E-state index contributed by atoms with van der Waals surface area (Å²) in [6, 6.07) is 0. The minimum Gasteiger partial charge on any atom is -0.303 e. The normalized spacial score (nSPS) is 32.9. The maximum absolute atomic E-state index is 4.37. The first kappa shape index (κ1) is 11.1. The van der Waals surface area contributed by atoms with Gasteiger partial charge in [-0.25, -0.2) is 9.97 Å². The van der Waals surface area contributed by atoms with Crippen molar-refractivity contribution in [1.82, 2.24) is 14.9 Å². The summed E-state index contributed by atoms with van der Waals surface area (Å²) in [6.07, 6.45) is 6.89. The van der Waals surface area contributed by atoms with Gasteiger partial charge >= 0.3 is 0 Å². The van der Waals surface area contributed by atoms with Gasteiger partial charge in [0.2, 0.25) is 0 Å². The highest BCUT2D eigenvalue weighted by Crippen LogP contribution is 2.47. The van der Waals surface area contributed by atoms with Crippen molar-refractivity contribution in [3.63, 3.8) is 0 Å². The third-order valence-electron chi connectivity index (χ3n) is 4.54. The molecular formula is C14H21N3. The first-order chi connectivity index (χ1) is 8.28. The molecule has 1 aromatic heterocycles. The maximum atomic E-state index is 4.37. The Labute approximate surface area is 103 Å². The van der Waals surface area contributed by atoms with Gasteiger partial charge in [0, 0.05) is 25.5 Å². The molecule has 0 radical (unpaired) electrons. The summed E-state index contributed by atoms with van der Waals surface area (Å²) in [4.78, 5) is 11.3. The summed E-state index contributed by atoms with van der Waals surface area (Å²) in [7, 11) is 0. The topological polar surface area (TPSA) is 29.0 Å². The van der Waals surface area contributed by atoms with E-state index < -0.39 is 0 Å². The Balaban J connectivity index is 1.83. The van der Waals surface area contributed by atoms with Gasteiger partial charge < -0.3 is 4.90 Å². The first-order valence-corrected chi connectivity index (χ1v) is 6.79. The number of aryl methyl sites for hydroxylation is 1. The van der Waals surface area contributed by atoms with Crippen LogP contribution in [0.25, 0.3) is 0 Å². The van der Waals surface area contributed by atoms with Crippen molar-refractivity contribution in [2.24, 2.45) is 11.8 Å². The van der Waals surface area contributed by atoms with E-state index in [-0.39, 0.29) is 0 Å². The fourth-order valence-electron chi connectivity index (χ4n) is 3.70. The molecule has 2 unspecified atom stereocenters. The van der Waals surface area contributed by atoms with Crippen molar-refractivity contribution in [2.45, 2.75) is 32.6 Å².